The molecule has 0 amide bonds. The van der Waals surface area contributed by atoms with Crippen molar-refractivity contribution in [3.8, 4) is 0 Å². The molecule has 3 rings (SSSR count). The molecule has 6 N–H and O–H groups in total. The van der Waals surface area contributed by atoms with Gasteiger partial charge in [0, 0.05) is 46.3 Å². The summed E-state index contributed by atoms with van der Waals surface area (Å²) in [6.07, 6.45) is 11.3. The molecule has 3 fully saturated rings. The van der Waals surface area contributed by atoms with Crippen molar-refractivity contribution in [3.05, 3.63) is 0 Å². The first-order valence-corrected chi connectivity index (χ1v) is 18.5. The van der Waals surface area contributed by atoms with E-state index < -0.39 is 0 Å². The second kappa shape index (κ2) is 14.7. The van der Waals surface area contributed by atoms with Crippen molar-refractivity contribution in [2.24, 2.45) is 5.41 Å². The summed E-state index contributed by atoms with van der Waals surface area (Å²) >= 11 is 0. The minimum Gasteiger partial charge on any atom is -0.307 e. The smallest absolute Gasteiger partial charge is 0.118 e. The second-order valence-electron chi connectivity index (χ2n) is 19.9. The van der Waals surface area contributed by atoms with Crippen LogP contribution in [-0.4, -0.2) is 88.5 Å². The Morgan fingerprint density at radius 3 is 1.60 bits per heavy atom. The normalized spacial score (nSPS) is 29.4. The van der Waals surface area contributed by atoms with Crippen LogP contribution in [0.15, 0.2) is 0 Å². The Labute approximate surface area is 280 Å². The Bertz CT molecular complexity index is 888. The summed E-state index contributed by atoms with van der Waals surface area (Å²) in [5, 5.41) is 23.3. The molecule has 8 heteroatoms. The maximum absolute atomic E-state index is 3.95. The zero-order valence-electron chi connectivity index (χ0n) is 32.6. The molecule has 266 valence electrons. The van der Waals surface area contributed by atoms with Gasteiger partial charge in [-0.05, 0) is 140 Å². The van der Waals surface area contributed by atoms with E-state index in [0.717, 1.165) is 25.8 Å². The predicted octanol–water partition coefficient (Wildman–Crippen LogP) is 5.90. The van der Waals surface area contributed by atoms with Gasteiger partial charge in [0.1, 0.15) is 12.6 Å². The van der Waals surface area contributed by atoms with Gasteiger partial charge in [-0.2, -0.15) is 0 Å². The van der Waals surface area contributed by atoms with Crippen LogP contribution in [-0.2, 0) is 0 Å². The monoisotopic (exact) mass is 635 g/mol. The molecule has 3 saturated heterocycles. The van der Waals surface area contributed by atoms with E-state index in [1.807, 2.05) is 0 Å². The topological polar surface area (TPSA) is 78.7 Å². The van der Waals surface area contributed by atoms with Gasteiger partial charge in [-0.15, -0.1) is 0 Å². The van der Waals surface area contributed by atoms with Gasteiger partial charge in [0.25, 0.3) is 0 Å². The van der Waals surface area contributed by atoms with Crippen LogP contribution in [0.3, 0.4) is 0 Å². The number of nitrogens with zero attached hydrogens (tertiary/aromatic N) is 2. The molecule has 3 atom stereocenters. The molecule has 0 bridgehead atoms. The number of nitrogens with one attached hydrogen (secondary N) is 6. The predicted molar refractivity (Wildman–Crippen MR) is 194 cm³/mol. The van der Waals surface area contributed by atoms with E-state index in [1.54, 1.807) is 0 Å². The lowest BCUT2D eigenvalue weighted by Crippen LogP contribution is -2.77. The summed E-state index contributed by atoms with van der Waals surface area (Å²) < 4.78 is 0. The minimum atomic E-state index is 0.0148. The number of unbranched alkanes of at least 4 members (excludes halogenated alkanes) is 3. The molecule has 0 radical (unpaired) electrons. The minimum absolute atomic E-state index is 0.0148. The Morgan fingerprint density at radius 1 is 0.644 bits per heavy atom. The van der Waals surface area contributed by atoms with Crippen molar-refractivity contribution >= 4 is 0 Å². The highest BCUT2D eigenvalue weighted by atomic mass is 15.5. The molecule has 3 aliphatic rings. The van der Waals surface area contributed by atoms with Gasteiger partial charge in [-0.25, -0.2) is 0 Å². The van der Waals surface area contributed by atoms with Crippen molar-refractivity contribution < 1.29 is 0 Å². The van der Waals surface area contributed by atoms with Gasteiger partial charge >= 0.3 is 0 Å². The van der Waals surface area contributed by atoms with Gasteiger partial charge in [0.2, 0.25) is 0 Å². The molecule has 45 heavy (non-hydrogen) atoms. The lowest BCUT2D eigenvalue weighted by atomic mass is 9.79. The van der Waals surface area contributed by atoms with E-state index in [0.29, 0.717) is 12.1 Å². The Hall–Kier alpha value is -0.320. The summed E-state index contributed by atoms with van der Waals surface area (Å²) in [7, 11) is 2.35. The highest BCUT2D eigenvalue weighted by molar-refractivity contribution is 5.02. The molecule has 0 saturated carbocycles. The third-order valence-electron chi connectivity index (χ3n) is 10.1. The maximum Gasteiger partial charge on any atom is 0.118 e. The lowest BCUT2D eigenvalue weighted by molar-refractivity contribution is -0.0190. The maximum atomic E-state index is 3.95. The fraction of sp³-hybridized carbons (Fsp3) is 1.00. The summed E-state index contributed by atoms with van der Waals surface area (Å²) in [4.78, 5) is 5.42. The third-order valence-corrected chi connectivity index (χ3v) is 10.1. The van der Waals surface area contributed by atoms with Gasteiger partial charge in [-0.1, -0.05) is 33.6 Å². The highest BCUT2D eigenvalue weighted by Gasteiger charge is 2.43. The van der Waals surface area contributed by atoms with Crippen LogP contribution < -0.4 is 31.9 Å². The Kier molecular flexibility index (Phi) is 12.7. The molecule has 3 heterocycles. The van der Waals surface area contributed by atoms with Crippen LogP contribution in [0, 0.1) is 5.41 Å². The van der Waals surface area contributed by atoms with E-state index in [4.69, 9.17) is 0 Å². The largest absolute Gasteiger partial charge is 0.307 e. The van der Waals surface area contributed by atoms with Crippen LogP contribution >= 0.6 is 0 Å². The van der Waals surface area contributed by atoms with Crippen molar-refractivity contribution in [2.75, 3.05) is 20.1 Å². The molecule has 0 aromatic carbocycles. The summed E-state index contributed by atoms with van der Waals surface area (Å²) in [6, 6.07) is 1.17. The zero-order valence-corrected chi connectivity index (χ0v) is 32.6. The number of rotatable bonds is 13. The first-order chi connectivity index (χ1) is 20.4. The fourth-order valence-corrected chi connectivity index (χ4v) is 9.63. The molecule has 0 spiro atoms. The van der Waals surface area contributed by atoms with E-state index in [2.05, 4.69) is 146 Å². The van der Waals surface area contributed by atoms with Crippen molar-refractivity contribution in [2.45, 2.75) is 213 Å². The molecule has 3 unspecified atom stereocenters. The Balaban J connectivity index is 1.61. The van der Waals surface area contributed by atoms with E-state index in [-0.39, 0.29) is 51.9 Å². The molecule has 0 aromatic rings. The molecular formula is C37H78N8. The first kappa shape index (κ1) is 39.1. The molecule has 0 aromatic heterocycles. The average Bonchev–Trinajstić information content (AvgIpc) is 2.76. The van der Waals surface area contributed by atoms with Crippen LogP contribution in [0.2, 0.25) is 0 Å². The summed E-state index contributed by atoms with van der Waals surface area (Å²) in [5.41, 5.74) is 0.902. The van der Waals surface area contributed by atoms with E-state index >= 15 is 0 Å². The van der Waals surface area contributed by atoms with Gasteiger partial charge in [0.15, 0.2) is 0 Å². The lowest BCUT2D eigenvalue weighted by Gasteiger charge is -2.53. The van der Waals surface area contributed by atoms with Gasteiger partial charge in [0.05, 0.1) is 6.17 Å². The SMILES string of the molecule is CC1NC(NC(C)(C)CC(C)(C)C)NC(N(CCCCCCN(C)C2CC(C)(C)NC(C)(C)C2)C2CC(C)(C)NC(C)(C)C2)N1. The van der Waals surface area contributed by atoms with Crippen molar-refractivity contribution in [1.29, 1.82) is 0 Å². The molecule has 8 nitrogen and oxygen atoms in total. The van der Waals surface area contributed by atoms with Crippen LogP contribution in [0.5, 0.6) is 0 Å². The molecule has 3 aliphatic heterocycles. The number of hydrogen-bond donors (Lipinski definition) is 6. The third kappa shape index (κ3) is 13.2. The second-order valence-corrected chi connectivity index (χ2v) is 19.9. The highest BCUT2D eigenvalue weighted by Crippen LogP contribution is 2.34. The summed E-state index contributed by atoms with van der Waals surface area (Å²) in [6.45, 7) is 35.2. The van der Waals surface area contributed by atoms with Crippen LogP contribution in [0.4, 0.5) is 0 Å². The number of hydrogen-bond acceptors (Lipinski definition) is 8. The van der Waals surface area contributed by atoms with Crippen LogP contribution in [0.25, 0.3) is 0 Å². The fourth-order valence-electron chi connectivity index (χ4n) is 9.63. The van der Waals surface area contributed by atoms with E-state index in [9.17, 15) is 0 Å². The standard InChI is InChI=1S/C37H78N8/c1-27-38-30(41-37(13,14)26-32(2,3)4)40-31(39-27)45(29-24-35(9,10)43-36(11,12)25-29)21-19-17-16-18-20-44(15)28-22-33(5,6)42-34(7,8)23-28/h27-31,38-43H,16-26H2,1-15H3. The summed E-state index contributed by atoms with van der Waals surface area (Å²) in [5.74, 6) is 0. The number of piperidine rings is 2. The van der Waals surface area contributed by atoms with Crippen LogP contribution in [0.1, 0.15) is 155 Å². The van der Waals surface area contributed by atoms with E-state index in [1.165, 1.54) is 45.1 Å². The van der Waals surface area contributed by atoms with Gasteiger partial charge < -0.3 is 15.5 Å². The quantitative estimate of drug-likeness (QED) is 0.140. The average molecular weight is 635 g/mol. The molecule has 0 aliphatic carbocycles. The molecular weight excluding hydrogens is 556 g/mol. The Morgan fingerprint density at radius 2 is 1.11 bits per heavy atom. The van der Waals surface area contributed by atoms with Gasteiger partial charge in [-0.3, -0.25) is 26.2 Å². The first-order valence-electron chi connectivity index (χ1n) is 18.5. The van der Waals surface area contributed by atoms with Crippen molar-refractivity contribution in [3.63, 3.8) is 0 Å². The zero-order chi connectivity index (χ0) is 34.1. The van der Waals surface area contributed by atoms with Crippen molar-refractivity contribution in [1.82, 2.24) is 41.7 Å².